The Bertz CT molecular complexity index is 757. The average Bonchev–Trinajstić information content (AvgIpc) is 2.53. The number of esters is 1. The molecule has 0 N–H and O–H groups in total. The minimum Gasteiger partial charge on any atom is -0.465 e. The van der Waals surface area contributed by atoms with Gasteiger partial charge < -0.3 is 4.74 Å². The van der Waals surface area contributed by atoms with Crippen LogP contribution in [0.2, 0.25) is 18.1 Å². The summed E-state index contributed by atoms with van der Waals surface area (Å²) in [6.07, 6.45) is 3.93. The van der Waals surface area contributed by atoms with Gasteiger partial charge in [0, 0.05) is 0 Å². The number of hydrogen-bond acceptors (Lipinski definition) is 2. The number of hydrogen-bond donors (Lipinski definition) is 0. The van der Waals surface area contributed by atoms with Crippen molar-refractivity contribution in [2.24, 2.45) is 0 Å². The Morgan fingerprint density at radius 3 is 2.08 bits per heavy atom. The van der Waals surface area contributed by atoms with E-state index in [2.05, 4.69) is 55.6 Å². The van der Waals surface area contributed by atoms with Gasteiger partial charge in [-0.1, -0.05) is 60.7 Å². The molecule has 2 aromatic carbocycles. The van der Waals surface area contributed by atoms with E-state index in [0.717, 1.165) is 0 Å². The van der Waals surface area contributed by atoms with E-state index < -0.39 is 8.07 Å². The predicted octanol–water partition coefficient (Wildman–Crippen LogP) is 4.26. The van der Waals surface area contributed by atoms with Gasteiger partial charge in [0.25, 0.3) is 0 Å². The van der Waals surface area contributed by atoms with E-state index in [1.165, 1.54) is 31.9 Å². The molecule has 2 aromatic rings. The maximum atomic E-state index is 11.6. The van der Waals surface area contributed by atoms with Gasteiger partial charge in [-0.15, -0.1) is 0 Å². The Kier molecular flexibility index (Phi) is 3.30. The van der Waals surface area contributed by atoms with Gasteiger partial charge in [-0.2, -0.15) is 0 Å². The molecular weight excluding hydrogens is 312 g/mol. The fourth-order valence-corrected chi connectivity index (χ4v) is 8.97. The van der Waals surface area contributed by atoms with Gasteiger partial charge in [-0.3, -0.25) is 0 Å². The van der Waals surface area contributed by atoms with E-state index in [0.29, 0.717) is 16.0 Å². The van der Waals surface area contributed by atoms with Crippen molar-refractivity contribution in [3.05, 3.63) is 65.7 Å². The Labute approximate surface area is 144 Å². The maximum absolute atomic E-state index is 11.6. The van der Waals surface area contributed by atoms with Crippen LogP contribution in [0.25, 0.3) is 0 Å². The van der Waals surface area contributed by atoms with Gasteiger partial charge in [0.1, 0.15) is 0 Å². The van der Waals surface area contributed by atoms with Crippen molar-refractivity contribution in [1.29, 1.82) is 0 Å². The second kappa shape index (κ2) is 5.06. The Balaban J connectivity index is 1.53. The van der Waals surface area contributed by atoms with Gasteiger partial charge in [-0.25, -0.2) is 4.79 Å². The highest BCUT2D eigenvalue weighted by Gasteiger charge is 2.73. The van der Waals surface area contributed by atoms with Crippen molar-refractivity contribution < 1.29 is 9.53 Å². The fourth-order valence-electron chi connectivity index (χ4n) is 5.00. The molecule has 0 amide bonds. The van der Waals surface area contributed by atoms with Crippen LogP contribution in [0.4, 0.5) is 0 Å². The molecular formula is C21H24O2Si. The smallest absolute Gasteiger partial charge is 0.337 e. The summed E-state index contributed by atoms with van der Waals surface area (Å²) in [4.78, 5) is 11.6. The lowest BCUT2D eigenvalue weighted by Gasteiger charge is -2.76. The van der Waals surface area contributed by atoms with Crippen LogP contribution < -0.4 is 5.19 Å². The molecule has 24 heavy (non-hydrogen) atoms. The van der Waals surface area contributed by atoms with Crippen LogP contribution in [-0.2, 0) is 10.2 Å². The van der Waals surface area contributed by atoms with Crippen LogP contribution in [-0.4, -0.2) is 21.2 Å². The minimum atomic E-state index is -1.44. The fraction of sp³-hybridized carbons (Fsp3) is 0.381. The third-order valence-electron chi connectivity index (χ3n) is 6.77. The molecule has 124 valence electrons. The maximum Gasteiger partial charge on any atom is 0.337 e. The molecule has 3 aliphatic rings. The molecule has 2 bridgehead atoms. The van der Waals surface area contributed by atoms with Gasteiger partial charge in [0.05, 0.1) is 20.7 Å². The minimum absolute atomic E-state index is 0.256. The Morgan fingerprint density at radius 2 is 1.54 bits per heavy atom. The molecule has 3 fully saturated rings. The summed E-state index contributed by atoms with van der Waals surface area (Å²) in [6.45, 7) is 5.07. The normalized spacial score (nSPS) is 27.8. The molecule has 3 aliphatic carbocycles. The first-order chi connectivity index (χ1) is 11.4. The molecule has 0 aromatic heterocycles. The molecule has 5 rings (SSSR count). The topological polar surface area (TPSA) is 26.3 Å². The summed E-state index contributed by atoms with van der Waals surface area (Å²) in [5.41, 5.74) is 2.41. The molecule has 0 radical (unpaired) electrons. The van der Waals surface area contributed by atoms with Crippen LogP contribution in [0.1, 0.15) is 35.2 Å². The monoisotopic (exact) mass is 336 g/mol. The number of rotatable bonds is 4. The van der Waals surface area contributed by atoms with Gasteiger partial charge in [0.2, 0.25) is 0 Å². The van der Waals surface area contributed by atoms with Crippen LogP contribution in [0, 0.1) is 0 Å². The lowest BCUT2D eigenvalue weighted by atomic mass is 9.41. The second-order valence-electron chi connectivity index (χ2n) is 8.15. The zero-order chi connectivity index (χ0) is 17.0. The highest BCUT2D eigenvalue weighted by Crippen LogP contribution is 2.81. The predicted molar refractivity (Wildman–Crippen MR) is 99.6 cm³/mol. The lowest BCUT2D eigenvalue weighted by Crippen LogP contribution is -2.72. The van der Waals surface area contributed by atoms with Gasteiger partial charge in [-0.05, 0) is 47.4 Å². The summed E-state index contributed by atoms with van der Waals surface area (Å²) in [5, 5.41) is 2.15. The number of carbonyl (C=O) groups is 1. The van der Waals surface area contributed by atoms with E-state index in [4.69, 9.17) is 4.74 Å². The largest absolute Gasteiger partial charge is 0.465 e. The van der Waals surface area contributed by atoms with Crippen LogP contribution in [0.5, 0.6) is 0 Å². The van der Waals surface area contributed by atoms with Gasteiger partial charge in [0.15, 0.2) is 0 Å². The SMILES string of the molecule is COC(=O)c1ccc(C23CC([Si](C)(C)c4ccccc4)(C2)C3)cc1. The molecule has 3 saturated carbocycles. The molecule has 0 saturated heterocycles. The van der Waals surface area contributed by atoms with E-state index in [-0.39, 0.29) is 5.97 Å². The molecule has 0 unspecified atom stereocenters. The standard InChI is InChI=1S/C21H24O2Si/c1-23-19(22)16-9-11-17(12-10-16)20-13-21(14-20,15-20)24(2,3)18-7-5-4-6-8-18/h4-12H,13-15H2,1-3H3. The van der Waals surface area contributed by atoms with Crippen LogP contribution in [0.3, 0.4) is 0 Å². The van der Waals surface area contributed by atoms with Crippen molar-refractivity contribution in [2.45, 2.75) is 42.8 Å². The van der Waals surface area contributed by atoms with Crippen molar-refractivity contribution in [1.82, 2.24) is 0 Å². The molecule has 0 spiro atoms. The summed E-state index contributed by atoms with van der Waals surface area (Å²) in [6, 6.07) is 19.2. The first-order valence-electron chi connectivity index (χ1n) is 8.67. The van der Waals surface area contributed by atoms with E-state index >= 15 is 0 Å². The number of ether oxygens (including phenoxy) is 1. The zero-order valence-electron chi connectivity index (χ0n) is 14.6. The van der Waals surface area contributed by atoms with Crippen molar-refractivity contribution in [3.8, 4) is 0 Å². The van der Waals surface area contributed by atoms with Gasteiger partial charge >= 0.3 is 5.97 Å². The second-order valence-corrected chi connectivity index (χ2v) is 13.0. The lowest BCUT2D eigenvalue weighted by molar-refractivity contribution is -0.0159. The van der Waals surface area contributed by atoms with Crippen LogP contribution >= 0.6 is 0 Å². The number of methoxy groups -OCH3 is 1. The highest BCUT2D eigenvalue weighted by molar-refractivity contribution is 6.92. The zero-order valence-corrected chi connectivity index (χ0v) is 15.6. The summed E-state index contributed by atoms with van der Waals surface area (Å²) < 4.78 is 4.79. The van der Waals surface area contributed by atoms with Crippen LogP contribution in [0.15, 0.2) is 54.6 Å². The van der Waals surface area contributed by atoms with Crippen molar-refractivity contribution in [2.75, 3.05) is 7.11 Å². The quantitative estimate of drug-likeness (QED) is 0.616. The molecule has 0 heterocycles. The first kappa shape index (κ1) is 15.6. The molecule has 0 aliphatic heterocycles. The van der Waals surface area contributed by atoms with E-state index in [1.54, 1.807) is 5.19 Å². The Morgan fingerprint density at radius 1 is 0.958 bits per heavy atom. The Hall–Kier alpha value is -1.87. The molecule has 3 heteroatoms. The highest BCUT2D eigenvalue weighted by atomic mass is 28.3. The van der Waals surface area contributed by atoms with Crippen molar-refractivity contribution in [3.63, 3.8) is 0 Å². The average molecular weight is 337 g/mol. The molecule has 0 atom stereocenters. The number of carbonyl (C=O) groups excluding carboxylic acids is 1. The number of benzene rings is 2. The summed E-state index contributed by atoms with van der Waals surface area (Å²) in [7, 11) is -0.0148. The summed E-state index contributed by atoms with van der Waals surface area (Å²) >= 11 is 0. The summed E-state index contributed by atoms with van der Waals surface area (Å²) in [5.74, 6) is -0.256. The van der Waals surface area contributed by atoms with Crippen molar-refractivity contribution >= 4 is 19.2 Å². The third kappa shape index (κ3) is 1.97. The van der Waals surface area contributed by atoms with E-state index in [9.17, 15) is 4.79 Å². The third-order valence-corrected chi connectivity index (χ3v) is 11.7. The van der Waals surface area contributed by atoms with E-state index in [1.807, 2.05) is 12.1 Å². The first-order valence-corrected chi connectivity index (χ1v) is 11.7. The molecule has 2 nitrogen and oxygen atoms in total.